The number of carbonyl (C=O) groups is 1. The molecule has 0 spiro atoms. The Bertz CT molecular complexity index is 606. The van der Waals surface area contributed by atoms with Gasteiger partial charge in [-0.25, -0.2) is 4.79 Å². The van der Waals surface area contributed by atoms with Gasteiger partial charge >= 0.3 is 6.09 Å². The fraction of sp³-hybridized carbons (Fsp3) is 0.562. The number of hydrogen-bond acceptors (Lipinski definition) is 4. The lowest BCUT2D eigenvalue weighted by atomic mass is 10.1. The Morgan fingerprint density at radius 2 is 2.13 bits per heavy atom. The highest BCUT2D eigenvalue weighted by Crippen LogP contribution is 2.29. The van der Waals surface area contributed by atoms with Gasteiger partial charge in [-0.1, -0.05) is 17.2 Å². The second-order valence-electron chi connectivity index (χ2n) is 6.47. The minimum absolute atomic E-state index is 0.147. The third-order valence-electron chi connectivity index (χ3n) is 3.34. The summed E-state index contributed by atoms with van der Waals surface area (Å²) in [4.78, 5) is 16.6. The molecule has 1 unspecified atom stereocenters. The van der Waals surface area contributed by atoms with Crippen LogP contribution in [0.3, 0.4) is 0 Å². The van der Waals surface area contributed by atoms with E-state index in [0.717, 1.165) is 12.8 Å². The van der Waals surface area contributed by atoms with Crippen molar-refractivity contribution in [3.05, 3.63) is 34.7 Å². The average molecular weight is 318 g/mol. The molecule has 1 amide bonds. The molecule has 1 fully saturated rings. The number of carbonyl (C=O) groups excluding carboxylic acids is 1. The number of nitrogens with zero attached hydrogens (tertiary/aromatic N) is 4. The van der Waals surface area contributed by atoms with Crippen molar-refractivity contribution < 1.29 is 14.3 Å². The van der Waals surface area contributed by atoms with Crippen LogP contribution >= 0.6 is 0 Å². The SMILES string of the molecule is CC(C)(C)OC(=O)N1CCCC(Oc2ccccc2N=[N+]=[N-])C1. The normalized spacial score (nSPS) is 18.0. The molecule has 0 bridgehead atoms. The third-order valence-corrected chi connectivity index (χ3v) is 3.34. The molecule has 23 heavy (non-hydrogen) atoms. The van der Waals surface area contributed by atoms with E-state index in [9.17, 15) is 4.79 Å². The van der Waals surface area contributed by atoms with E-state index in [0.29, 0.717) is 24.5 Å². The summed E-state index contributed by atoms with van der Waals surface area (Å²) in [5, 5.41) is 3.63. The van der Waals surface area contributed by atoms with Crippen molar-refractivity contribution >= 4 is 11.8 Å². The standard InChI is InChI=1S/C16H22N4O3/c1-16(2,3)23-15(21)20-10-6-7-12(11-20)22-14-9-5-4-8-13(14)18-19-17/h4-5,8-9,12H,6-7,10-11H2,1-3H3. The lowest BCUT2D eigenvalue weighted by molar-refractivity contribution is 0.00784. The van der Waals surface area contributed by atoms with Crippen LogP contribution in [-0.2, 0) is 4.74 Å². The van der Waals surface area contributed by atoms with Crippen LogP contribution < -0.4 is 4.74 Å². The number of ether oxygens (including phenoxy) is 2. The smallest absolute Gasteiger partial charge is 0.410 e. The van der Waals surface area contributed by atoms with Gasteiger partial charge in [0, 0.05) is 11.5 Å². The zero-order valence-electron chi connectivity index (χ0n) is 13.7. The van der Waals surface area contributed by atoms with Crippen molar-refractivity contribution in [2.24, 2.45) is 5.11 Å². The molecule has 124 valence electrons. The first-order valence-electron chi connectivity index (χ1n) is 7.68. The zero-order valence-corrected chi connectivity index (χ0v) is 13.7. The van der Waals surface area contributed by atoms with E-state index in [2.05, 4.69) is 10.0 Å². The minimum Gasteiger partial charge on any atom is -0.488 e. The second-order valence-corrected chi connectivity index (χ2v) is 6.47. The van der Waals surface area contributed by atoms with E-state index in [1.807, 2.05) is 26.8 Å². The Labute approximate surface area is 135 Å². The molecule has 2 rings (SSSR count). The topological polar surface area (TPSA) is 87.5 Å². The van der Waals surface area contributed by atoms with Crippen molar-refractivity contribution in [3.8, 4) is 5.75 Å². The first-order valence-corrected chi connectivity index (χ1v) is 7.68. The molecule has 1 saturated heterocycles. The maximum absolute atomic E-state index is 12.2. The average Bonchev–Trinajstić information content (AvgIpc) is 2.48. The maximum Gasteiger partial charge on any atom is 0.410 e. The molecule has 1 heterocycles. The highest BCUT2D eigenvalue weighted by molar-refractivity contribution is 5.68. The number of amides is 1. The molecular weight excluding hydrogens is 296 g/mol. The highest BCUT2D eigenvalue weighted by Gasteiger charge is 2.28. The number of hydrogen-bond donors (Lipinski definition) is 0. The molecular formula is C16H22N4O3. The van der Waals surface area contributed by atoms with Gasteiger partial charge in [0.25, 0.3) is 0 Å². The van der Waals surface area contributed by atoms with Crippen molar-refractivity contribution in [1.82, 2.24) is 4.90 Å². The molecule has 0 aliphatic carbocycles. The summed E-state index contributed by atoms with van der Waals surface area (Å²) in [5.41, 5.74) is 8.54. The quantitative estimate of drug-likeness (QED) is 0.470. The predicted molar refractivity (Wildman–Crippen MR) is 86.7 cm³/mol. The summed E-state index contributed by atoms with van der Waals surface area (Å²) in [7, 11) is 0. The Morgan fingerprint density at radius 3 is 2.83 bits per heavy atom. The fourth-order valence-electron chi connectivity index (χ4n) is 2.39. The first-order chi connectivity index (χ1) is 10.9. The molecule has 1 aromatic rings. The van der Waals surface area contributed by atoms with Crippen LogP contribution in [0.1, 0.15) is 33.6 Å². The summed E-state index contributed by atoms with van der Waals surface area (Å²) < 4.78 is 11.3. The molecule has 0 aromatic heterocycles. The van der Waals surface area contributed by atoms with Crippen LogP contribution in [0.4, 0.5) is 10.5 Å². The third kappa shape index (κ3) is 5.07. The molecule has 1 aromatic carbocycles. The number of likely N-dealkylation sites (tertiary alicyclic amines) is 1. The van der Waals surface area contributed by atoms with Crippen LogP contribution in [0.25, 0.3) is 10.4 Å². The van der Waals surface area contributed by atoms with Crippen LogP contribution in [0.2, 0.25) is 0 Å². The number of piperidine rings is 1. The largest absolute Gasteiger partial charge is 0.488 e. The Balaban J connectivity index is 2.02. The van der Waals surface area contributed by atoms with E-state index in [1.54, 1.807) is 23.1 Å². The summed E-state index contributed by atoms with van der Waals surface area (Å²) in [5.74, 6) is 0.529. The van der Waals surface area contributed by atoms with Gasteiger partial charge in [0.2, 0.25) is 0 Å². The maximum atomic E-state index is 12.2. The van der Waals surface area contributed by atoms with Crippen molar-refractivity contribution in [2.45, 2.75) is 45.3 Å². The summed E-state index contributed by atoms with van der Waals surface area (Å²) in [6.45, 7) is 6.66. The molecule has 1 aliphatic heterocycles. The molecule has 0 N–H and O–H groups in total. The van der Waals surface area contributed by atoms with Gasteiger partial charge in [-0.15, -0.1) is 0 Å². The fourth-order valence-corrected chi connectivity index (χ4v) is 2.39. The van der Waals surface area contributed by atoms with E-state index in [4.69, 9.17) is 15.0 Å². The van der Waals surface area contributed by atoms with Gasteiger partial charge < -0.3 is 14.4 Å². The molecule has 0 radical (unpaired) electrons. The zero-order chi connectivity index (χ0) is 16.9. The molecule has 1 atom stereocenters. The van der Waals surface area contributed by atoms with Gasteiger partial charge in [-0.05, 0) is 51.3 Å². The van der Waals surface area contributed by atoms with E-state index in [1.165, 1.54) is 0 Å². The van der Waals surface area contributed by atoms with Crippen molar-refractivity contribution in [2.75, 3.05) is 13.1 Å². The number of azide groups is 1. The minimum atomic E-state index is -0.515. The Morgan fingerprint density at radius 1 is 1.39 bits per heavy atom. The molecule has 1 aliphatic rings. The first kappa shape index (κ1) is 17.0. The van der Waals surface area contributed by atoms with Crippen molar-refractivity contribution in [1.29, 1.82) is 0 Å². The number of rotatable bonds is 3. The van der Waals surface area contributed by atoms with E-state index < -0.39 is 5.60 Å². The monoisotopic (exact) mass is 318 g/mol. The molecule has 7 nitrogen and oxygen atoms in total. The van der Waals surface area contributed by atoms with Gasteiger partial charge in [-0.2, -0.15) is 0 Å². The number of para-hydroxylation sites is 1. The van der Waals surface area contributed by atoms with Crippen LogP contribution in [0.5, 0.6) is 5.75 Å². The lowest BCUT2D eigenvalue weighted by Gasteiger charge is -2.34. The van der Waals surface area contributed by atoms with E-state index >= 15 is 0 Å². The van der Waals surface area contributed by atoms with Crippen LogP contribution in [0.15, 0.2) is 29.4 Å². The Kier molecular flexibility index (Phi) is 5.34. The summed E-state index contributed by atoms with van der Waals surface area (Å²) in [6, 6.07) is 7.06. The van der Waals surface area contributed by atoms with Crippen molar-refractivity contribution in [3.63, 3.8) is 0 Å². The van der Waals surface area contributed by atoms with Gasteiger partial charge in [-0.3, -0.25) is 0 Å². The lowest BCUT2D eigenvalue weighted by Crippen LogP contribution is -2.46. The predicted octanol–water partition coefficient (Wildman–Crippen LogP) is 4.41. The van der Waals surface area contributed by atoms with E-state index in [-0.39, 0.29) is 12.2 Å². The molecule has 0 saturated carbocycles. The molecule has 7 heteroatoms. The van der Waals surface area contributed by atoms with Gasteiger partial charge in [0.15, 0.2) is 0 Å². The number of benzene rings is 1. The van der Waals surface area contributed by atoms with Gasteiger partial charge in [0.1, 0.15) is 17.5 Å². The summed E-state index contributed by atoms with van der Waals surface area (Å²) in [6.07, 6.45) is 1.21. The summed E-state index contributed by atoms with van der Waals surface area (Å²) >= 11 is 0. The van der Waals surface area contributed by atoms with Crippen LogP contribution in [-0.4, -0.2) is 35.8 Å². The Hall–Kier alpha value is -2.40. The second kappa shape index (κ2) is 7.24. The van der Waals surface area contributed by atoms with Crippen LogP contribution in [0, 0.1) is 0 Å². The van der Waals surface area contributed by atoms with Gasteiger partial charge in [0.05, 0.1) is 12.2 Å². The highest BCUT2D eigenvalue weighted by atomic mass is 16.6.